The zero-order chi connectivity index (χ0) is 17.8. The van der Waals surface area contributed by atoms with Gasteiger partial charge < -0.3 is 24.3 Å². The number of carbonyl (C=O) groups is 3. The molecule has 0 aromatic heterocycles. The molecule has 0 aliphatic carbocycles. The average molecular weight is 331 g/mol. The summed E-state index contributed by atoms with van der Waals surface area (Å²) in [6.45, 7) is 9.43. The Kier molecular flexibility index (Phi) is 6.37. The zero-order valence-corrected chi connectivity index (χ0v) is 14.4. The Hall–Kier alpha value is -1.83. The Labute approximate surface area is 135 Å². The Morgan fingerprint density at radius 1 is 1.09 bits per heavy atom. The monoisotopic (exact) mass is 331 g/mol. The van der Waals surface area contributed by atoms with Crippen LogP contribution in [-0.2, 0) is 28.5 Å². The number of esters is 2. The third kappa shape index (κ3) is 6.85. The second-order valence-corrected chi connectivity index (χ2v) is 6.44. The van der Waals surface area contributed by atoms with Crippen molar-refractivity contribution >= 4 is 18.0 Å². The highest BCUT2D eigenvalue weighted by Crippen LogP contribution is 2.24. The number of amides is 1. The van der Waals surface area contributed by atoms with Crippen molar-refractivity contribution in [3.63, 3.8) is 0 Å². The van der Waals surface area contributed by atoms with Crippen LogP contribution in [0, 0.1) is 0 Å². The molecule has 0 aromatic carbocycles. The molecule has 8 nitrogen and oxygen atoms in total. The molecule has 0 aromatic rings. The maximum atomic E-state index is 12.0. The molecule has 1 heterocycles. The predicted molar refractivity (Wildman–Crippen MR) is 79.4 cm³/mol. The summed E-state index contributed by atoms with van der Waals surface area (Å²) in [5.41, 5.74) is -0.660. The van der Waals surface area contributed by atoms with E-state index in [0.717, 1.165) is 0 Å². The lowest BCUT2D eigenvalue weighted by atomic mass is 9.99. The number of carbonyl (C=O) groups excluding carboxylic acids is 3. The number of nitrogens with one attached hydrogen (secondary N) is 1. The van der Waals surface area contributed by atoms with E-state index in [2.05, 4.69) is 5.32 Å². The first-order chi connectivity index (χ1) is 10.5. The van der Waals surface area contributed by atoms with Crippen molar-refractivity contribution in [1.29, 1.82) is 0 Å². The smallest absolute Gasteiger partial charge is 0.408 e. The molecule has 1 aliphatic rings. The van der Waals surface area contributed by atoms with Crippen LogP contribution in [0.1, 0.15) is 48.0 Å². The Morgan fingerprint density at radius 2 is 1.65 bits per heavy atom. The number of hydrogen-bond donors (Lipinski definition) is 1. The van der Waals surface area contributed by atoms with Crippen LogP contribution in [0.2, 0.25) is 0 Å². The van der Waals surface area contributed by atoms with Crippen LogP contribution >= 0.6 is 0 Å². The maximum Gasteiger partial charge on any atom is 0.408 e. The standard InChI is InChI=1S/C15H25NO7/c1-8-13(22-10(3)18)11(7-12(20-8)21-9(2)17)16-14(19)23-15(4,5)6/h8,11-13H,7H2,1-6H3,(H,16,19)/t8-,11-,12?,13-/m0/s1. The summed E-state index contributed by atoms with van der Waals surface area (Å²) < 4.78 is 21.0. The van der Waals surface area contributed by atoms with Crippen LogP contribution in [0.3, 0.4) is 0 Å². The molecule has 0 radical (unpaired) electrons. The quantitative estimate of drug-likeness (QED) is 0.618. The zero-order valence-electron chi connectivity index (χ0n) is 14.4. The van der Waals surface area contributed by atoms with Crippen LogP contribution in [0.15, 0.2) is 0 Å². The van der Waals surface area contributed by atoms with Gasteiger partial charge in [-0.25, -0.2) is 4.79 Å². The lowest BCUT2D eigenvalue weighted by Crippen LogP contribution is -2.57. The van der Waals surface area contributed by atoms with E-state index in [1.54, 1.807) is 27.7 Å². The van der Waals surface area contributed by atoms with Crippen molar-refractivity contribution in [2.45, 2.75) is 78.1 Å². The number of rotatable bonds is 3. The fourth-order valence-electron chi connectivity index (χ4n) is 2.27. The molecule has 1 fully saturated rings. The van der Waals surface area contributed by atoms with Crippen molar-refractivity contribution < 1.29 is 33.3 Å². The molecular weight excluding hydrogens is 306 g/mol. The maximum absolute atomic E-state index is 12.0. The van der Waals surface area contributed by atoms with Gasteiger partial charge in [0.15, 0.2) is 0 Å². The van der Waals surface area contributed by atoms with Gasteiger partial charge in [-0.15, -0.1) is 0 Å². The van der Waals surface area contributed by atoms with Crippen molar-refractivity contribution in [2.75, 3.05) is 0 Å². The third-order valence-corrected chi connectivity index (χ3v) is 2.97. The second-order valence-electron chi connectivity index (χ2n) is 6.44. The number of alkyl carbamates (subject to hydrolysis) is 1. The highest BCUT2D eigenvalue weighted by Gasteiger charge is 2.41. The first-order valence-electron chi connectivity index (χ1n) is 7.47. The van der Waals surface area contributed by atoms with E-state index in [9.17, 15) is 14.4 Å². The van der Waals surface area contributed by atoms with Crippen LogP contribution in [0.4, 0.5) is 4.79 Å². The molecule has 1 rings (SSSR count). The molecule has 0 saturated carbocycles. The molecule has 1 amide bonds. The van der Waals surface area contributed by atoms with Gasteiger partial charge in [0.05, 0.1) is 12.1 Å². The van der Waals surface area contributed by atoms with E-state index in [4.69, 9.17) is 18.9 Å². The topological polar surface area (TPSA) is 100 Å². The van der Waals surface area contributed by atoms with E-state index in [1.807, 2.05) is 0 Å². The van der Waals surface area contributed by atoms with Crippen LogP contribution in [-0.4, -0.2) is 48.2 Å². The fraction of sp³-hybridized carbons (Fsp3) is 0.800. The molecule has 132 valence electrons. The molecule has 0 bridgehead atoms. The van der Waals surface area contributed by atoms with Crippen molar-refractivity contribution in [3.05, 3.63) is 0 Å². The number of ether oxygens (including phenoxy) is 4. The molecule has 1 aliphatic heterocycles. The van der Waals surface area contributed by atoms with Crippen LogP contribution < -0.4 is 5.32 Å². The first kappa shape index (κ1) is 19.2. The summed E-state index contributed by atoms with van der Waals surface area (Å²) in [4.78, 5) is 34.3. The first-order valence-corrected chi connectivity index (χ1v) is 7.47. The SMILES string of the molecule is CC(=O)OC1C[C@H](NC(=O)OC(C)(C)C)[C@@H](OC(C)=O)[C@H](C)O1. The Balaban J connectivity index is 2.82. The van der Waals surface area contributed by atoms with E-state index in [0.29, 0.717) is 0 Å². The molecular formula is C15H25NO7. The summed E-state index contributed by atoms with van der Waals surface area (Å²) in [7, 11) is 0. The van der Waals surface area contributed by atoms with E-state index in [-0.39, 0.29) is 6.42 Å². The molecule has 1 N–H and O–H groups in total. The highest BCUT2D eigenvalue weighted by molar-refractivity contribution is 5.69. The third-order valence-electron chi connectivity index (χ3n) is 2.97. The normalized spacial score (nSPS) is 27.7. The minimum atomic E-state index is -0.825. The van der Waals surface area contributed by atoms with Gasteiger partial charge >= 0.3 is 18.0 Å². The molecule has 23 heavy (non-hydrogen) atoms. The summed E-state index contributed by atoms with van der Waals surface area (Å²) in [5.74, 6) is -0.989. The van der Waals surface area contributed by atoms with Crippen molar-refractivity contribution in [2.24, 2.45) is 0 Å². The molecule has 8 heteroatoms. The largest absolute Gasteiger partial charge is 0.458 e. The van der Waals surface area contributed by atoms with Crippen LogP contribution in [0.25, 0.3) is 0 Å². The molecule has 1 saturated heterocycles. The van der Waals surface area contributed by atoms with Gasteiger partial charge in [0.25, 0.3) is 0 Å². The van der Waals surface area contributed by atoms with Gasteiger partial charge in [0, 0.05) is 20.3 Å². The average Bonchev–Trinajstić information content (AvgIpc) is 2.29. The summed E-state index contributed by atoms with van der Waals surface area (Å²) in [6.07, 6.45) is -2.57. The minimum Gasteiger partial charge on any atom is -0.458 e. The van der Waals surface area contributed by atoms with Crippen LogP contribution in [0.5, 0.6) is 0 Å². The van der Waals surface area contributed by atoms with Gasteiger partial charge in [0.2, 0.25) is 6.29 Å². The highest BCUT2D eigenvalue weighted by atomic mass is 16.7. The van der Waals surface area contributed by atoms with E-state index < -0.39 is 48.2 Å². The molecule has 1 unspecified atom stereocenters. The summed E-state index contributed by atoms with van der Waals surface area (Å²) in [6, 6.07) is -0.596. The summed E-state index contributed by atoms with van der Waals surface area (Å²) in [5, 5.41) is 2.65. The number of hydrogen-bond acceptors (Lipinski definition) is 7. The fourth-order valence-corrected chi connectivity index (χ4v) is 2.27. The van der Waals surface area contributed by atoms with Gasteiger partial charge in [-0.1, -0.05) is 0 Å². The second kappa shape index (κ2) is 7.63. The molecule has 4 atom stereocenters. The lowest BCUT2D eigenvalue weighted by Gasteiger charge is -2.39. The van der Waals surface area contributed by atoms with E-state index in [1.165, 1.54) is 13.8 Å². The van der Waals surface area contributed by atoms with Crippen molar-refractivity contribution in [1.82, 2.24) is 5.32 Å². The Morgan fingerprint density at radius 3 is 2.13 bits per heavy atom. The van der Waals surface area contributed by atoms with Crippen molar-refractivity contribution in [3.8, 4) is 0 Å². The summed E-state index contributed by atoms with van der Waals surface area (Å²) >= 11 is 0. The molecule has 0 spiro atoms. The lowest BCUT2D eigenvalue weighted by molar-refractivity contribution is -0.228. The van der Waals surface area contributed by atoms with Gasteiger partial charge in [-0.05, 0) is 27.7 Å². The minimum absolute atomic E-state index is 0.154. The Bertz CT molecular complexity index is 457. The van der Waals surface area contributed by atoms with Gasteiger partial charge in [-0.3, -0.25) is 9.59 Å². The van der Waals surface area contributed by atoms with Gasteiger partial charge in [-0.2, -0.15) is 0 Å². The van der Waals surface area contributed by atoms with E-state index >= 15 is 0 Å². The predicted octanol–water partition coefficient (Wildman–Crippen LogP) is 1.51. The van der Waals surface area contributed by atoms with Gasteiger partial charge in [0.1, 0.15) is 11.7 Å².